The van der Waals surface area contributed by atoms with Crippen molar-refractivity contribution in [3.8, 4) is 5.75 Å². The number of anilines is 1. The maximum absolute atomic E-state index is 12.2. The Morgan fingerprint density at radius 3 is 2.65 bits per heavy atom. The number of aliphatic carboxylic acids is 1. The minimum atomic E-state index is -0.935. The van der Waals surface area contributed by atoms with E-state index in [2.05, 4.69) is 10.6 Å². The molecule has 0 aromatic heterocycles. The smallest absolute Gasteiger partial charge is 0.320 e. The lowest BCUT2D eigenvalue weighted by molar-refractivity contribution is -0.139. The highest BCUT2D eigenvalue weighted by Crippen LogP contribution is 2.28. The Bertz CT molecular complexity index is 591. The third kappa shape index (κ3) is 4.84. The Morgan fingerprint density at radius 1 is 1.39 bits per heavy atom. The van der Waals surface area contributed by atoms with Crippen LogP contribution in [0.25, 0.3) is 0 Å². The number of hydrogen-bond donors (Lipinski definition) is 3. The molecule has 7 heteroatoms. The van der Waals surface area contributed by atoms with Crippen molar-refractivity contribution in [3.63, 3.8) is 0 Å². The van der Waals surface area contributed by atoms with Gasteiger partial charge in [-0.15, -0.1) is 0 Å². The van der Waals surface area contributed by atoms with Gasteiger partial charge in [0.2, 0.25) is 5.91 Å². The SMILES string of the molecule is CC(C)COc1ccc(NC(=O)[C@@H]2CC[C@H](C(=O)O)N2)cc1Cl. The summed E-state index contributed by atoms with van der Waals surface area (Å²) in [5.74, 6) is -0.236. The van der Waals surface area contributed by atoms with Crippen LogP contribution in [0.4, 0.5) is 5.69 Å². The summed E-state index contributed by atoms with van der Waals surface area (Å²) in [7, 11) is 0. The van der Waals surface area contributed by atoms with Gasteiger partial charge in [0.15, 0.2) is 0 Å². The van der Waals surface area contributed by atoms with Crippen molar-refractivity contribution >= 4 is 29.2 Å². The van der Waals surface area contributed by atoms with Gasteiger partial charge < -0.3 is 15.2 Å². The van der Waals surface area contributed by atoms with E-state index >= 15 is 0 Å². The minimum absolute atomic E-state index is 0.263. The third-order valence-corrected chi connectivity index (χ3v) is 3.83. The fourth-order valence-corrected chi connectivity index (χ4v) is 2.56. The number of halogens is 1. The normalized spacial score (nSPS) is 20.5. The molecule has 1 aliphatic rings. The number of ether oxygens (including phenoxy) is 1. The number of carbonyl (C=O) groups excluding carboxylic acids is 1. The number of rotatable bonds is 6. The summed E-state index contributed by atoms with van der Waals surface area (Å²) in [5, 5.41) is 14.9. The Balaban J connectivity index is 1.94. The number of carbonyl (C=O) groups is 2. The van der Waals surface area contributed by atoms with Crippen LogP contribution < -0.4 is 15.4 Å². The van der Waals surface area contributed by atoms with Crippen molar-refractivity contribution in [3.05, 3.63) is 23.2 Å². The molecule has 0 bridgehead atoms. The van der Waals surface area contributed by atoms with Crippen LogP contribution in [-0.2, 0) is 9.59 Å². The zero-order valence-electron chi connectivity index (χ0n) is 13.1. The standard InChI is InChI=1S/C16H21ClN2O4/c1-9(2)8-23-14-6-3-10(7-11(14)17)18-15(20)12-4-5-13(19-12)16(21)22/h3,6-7,9,12-13,19H,4-5,8H2,1-2H3,(H,18,20)(H,21,22)/t12-,13+/m0/s1. The van der Waals surface area contributed by atoms with Gasteiger partial charge in [-0.1, -0.05) is 25.4 Å². The first-order valence-corrected chi connectivity index (χ1v) is 7.96. The van der Waals surface area contributed by atoms with Crippen molar-refractivity contribution in [2.24, 2.45) is 5.92 Å². The number of carboxylic acid groups (broad SMARTS) is 1. The molecule has 2 atom stereocenters. The summed E-state index contributed by atoms with van der Waals surface area (Å²) in [6, 6.07) is 3.87. The lowest BCUT2D eigenvalue weighted by Gasteiger charge is -2.14. The molecule has 1 aromatic rings. The first-order chi connectivity index (χ1) is 10.9. The molecule has 23 heavy (non-hydrogen) atoms. The second kappa shape index (κ2) is 7.66. The molecule has 0 radical (unpaired) electrons. The molecule has 6 nitrogen and oxygen atoms in total. The highest BCUT2D eigenvalue weighted by atomic mass is 35.5. The van der Waals surface area contributed by atoms with Gasteiger partial charge in [0.25, 0.3) is 0 Å². The molecule has 1 heterocycles. The Labute approximate surface area is 140 Å². The van der Waals surface area contributed by atoms with Crippen LogP contribution in [0.1, 0.15) is 26.7 Å². The van der Waals surface area contributed by atoms with Crippen LogP contribution in [0, 0.1) is 5.92 Å². The van der Waals surface area contributed by atoms with Crippen LogP contribution in [0.5, 0.6) is 5.75 Å². The molecular weight excluding hydrogens is 320 g/mol. The van der Waals surface area contributed by atoms with Crippen LogP contribution in [-0.4, -0.2) is 35.7 Å². The van der Waals surface area contributed by atoms with Crippen molar-refractivity contribution in [2.75, 3.05) is 11.9 Å². The van der Waals surface area contributed by atoms with E-state index in [9.17, 15) is 9.59 Å². The summed E-state index contributed by atoms with van der Waals surface area (Å²) < 4.78 is 5.58. The predicted octanol–water partition coefficient (Wildman–Crippen LogP) is 2.52. The van der Waals surface area contributed by atoms with Crippen molar-refractivity contribution < 1.29 is 19.4 Å². The van der Waals surface area contributed by atoms with E-state index in [4.69, 9.17) is 21.4 Å². The molecule has 1 aromatic carbocycles. The molecule has 126 valence electrons. The first kappa shape index (κ1) is 17.6. The summed E-state index contributed by atoms with van der Waals surface area (Å²) in [6.07, 6.45) is 0.933. The van der Waals surface area contributed by atoms with Gasteiger partial charge in [0.05, 0.1) is 17.7 Å². The molecule has 2 rings (SSSR count). The van der Waals surface area contributed by atoms with Crippen molar-refractivity contribution in [1.82, 2.24) is 5.32 Å². The van der Waals surface area contributed by atoms with E-state index in [0.29, 0.717) is 41.8 Å². The van der Waals surface area contributed by atoms with Gasteiger partial charge in [-0.05, 0) is 37.0 Å². The van der Waals surface area contributed by atoms with E-state index in [-0.39, 0.29) is 5.91 Å². The Hall–Kier alpha value is -1.79. The highest BCUT2D eigenvalue weighted by Gasteiger charge is 2.32. The molecule has 0 aliphatic carbocycles. The largest absolute Gasteiger partial charge is 0.492 e. The molecule has 1 saturated heterocycles. The van der Waals surface area contributed by atoms with E-state index in [0.717, 1.165) is 0 Å². The van der Waals surface area contributed by atoms with Crippen LogP contribution in [0.2, 0.25) is 5.02 Å². The number of hydrogen-bond acceptors (Lipinski definition) is 4. The molecule has 0 spiro atoms. The number of amides is 1. The Kier molecular flexibility index (Phi) is 5.85. The number of carboxylic acids is 1. The van der Waals surface area contributed by atoms with Crippen molar-refractivity contribution in [2.45, 2.75) is 38.8 Å². The summed E-state index contributed by atoms with van der Waals surface area (Å²) in [5.41, 5.74) is 0.553. The third-order valence-electron chi connectivity index (χ3n) is 3.53. The summed E-state index contributed by atoms with van der Waals surface area (Å²) >= 11 is 6.15. The zero-order chi connectivity index (χ0) is 17.0. The maximum Gasteiger partial charge on any atom is 0.320 e. The van der Waals surface area contributed by atoms with Gasteiger partial charge in [-0.2, -0.15) is 0 Å². The van der Waals surface area contributed by atoms with Crippen LogP contribution >= 0.6 is 11.6 Å². The monoisotopic (exact) mass is 340 g/mol. The number of nitrogens with one attached hydrogen (secondary N) is 2. The molecule has 0 unspecified atom stereocenters. The second-order valence-electron chi connectivity index (χ2n) is 6.03. The van der Waals surface area contributed by atoms with Gasteiger partial charge in [-0.3, -0.25) is 14.9 Å². The lowest BCUT2D eigenvalue weighted by atomic mass is 10.2. The fourth-order valence-electron chi connectivity index (χ4n) is 2.33. The number of benzene rings is 1. The van der Waals surface area contributed by atoms with Crippen LogP contribution in [0.3, 0.4) is 0 Å². The summed E-state index contributed by atoms with van der Waals surface area (Å²) in [4.78, 5) is 23.0. The quantitative estimate of drug-likeness (QED) is 0.740. The average Bonchev–Trinajstić information content (AvgIpc) is 2.96. The minimum Gasteiger partial charge on any atom is -0.492 e. The lowest BCUT2D eigenvalue weighted by Crippen LogP contribution is -2.41. The molecule has 1 aliphatic heterocycles. The highest BCUT2D eigenvalue weighted by molar-refractivity contribution is 6.32. The fraction of sp³-hybridized carbons (Fsp3) is 0.500. The van der Waals surface area contributed by atoms with Gasteiger partial charge in [0, 0.05) is 5.69 Å². The summed E-state index contributed by atoms with van der Waals surface area (Å²) in [6.45, 7) is 4.65. The second-order valence-corrected chi connectivity index (χ2v) is 6.43. The average molecular weight is 341 g/mol. The van der Waals surface area contributed by atoms with Gasteiger partial charge >= 0.3 is 5.97 Å². The van der Waals surface area contributed by atoms with E-state index < -0.39 is 18.1 Å². The van der Waals surface area contributed by atoms with Gasteiger partial charge in [0.1, 0.15) is 11.8 Å². The molecule has 0 saturated carbocycles. The van der Waals surface area contributed by atoms with Gasteiger partial charge in [-0.25, -0.2) is 0 Å². The molecule has 1 amide bonds. The van der Waals surface area contributed by atoms with Crippen LogP contribution in [0.15, 0.2) is 18.2 Å². The first-order valence-electron chi connectivity index (χ1n) is 7.59. The van der Waals surface area contributed by atoms with Crippen molar-refractivity contribution in [1.29, 1.82) is 0 Å². The van der Waals surface area contributed by atoms with E-state index in [1.807, 2.05) is 13.8 Å². The Morgan fingerprint density at radius 2 is 2.09 bits per heavy atom. The maximum atomic E-state index is 12.2. The molecular formula is C16H21ClN2O4. The zero-order valence-corrected chi connectivity index (χ0v) is 13.9. The molecule has 3 N–H and O–H groups in total. The topological polar surface area (TPSA) is 87.7 Å². The van der Waals surface area contributed by atoms with E-state index in [1.165, 1.54) is 0 Å². The molecule has 1 fully saturated rings. The van der Waals surface area contributed by atoms with E-state index in [1.54, 1.807) is 18.2 Å². The predicted molar refractivity (Wildman–Crippen MR) is 88.0 cm³/mol.